The van der Waals surface area contributed by atoms with Crippen molar-refractivity contribution in [1.29, 1.82) is 0 Å². The van der Waals surface area contributed by atoms with Gasteiger partial charge in [-0.2, -0.15) is 18.3 Å². The van der Waals surface area contributed by atoms with E-state index in [4.69, 9.17) is 0 Å². The molecule has 1 aliphatic heterocycles. The van der Waals surface area contributed by atoms with Crippen LogP contribution in [0.5, 0.6) is 0 Å². The average molecular weight is 363 g/mol. The number of H-pyrrole nitrogens is 1. The fraction of sp³-hybridized carbons (Fsp3) is 0.550. The molecule has 140 valence electrons. The Kier molecular flexibility index (Phi) is 4.78. The summed E-state index contributed by atoms with van der Waals surface area (Å²) < 4.78 is 39.2. The first-order valence-electron chi connectivity index (χ1n) is 9.47. The number of nitrogens with one attached hydrogen (secondary N) is 1. The van der Waals surface area contributed by atoms with Crippen LogP contribution in [-0.4, -0.2) is 34.2 Å². The average Bonchev–Trinajstić information content (AvgIpc) is 3.33. The van der Waals surface area contributed by atoms with Crippen LogP contribution in [0, 0.1) is 0 Å². The Morgan fingerprint density at radius 1 is 1.08 bits per heavy atom. The van der Waals surface area contributed by atoms with Crippen LogP contribution >= 0.6 is 0 Å². The van der Waals surface area contributed by atoms with Crippen molar-refractivity contribution in [3.8, 4) is 11.1 Å². The highest BCUT2D eigenvalue weighted by atomic mass is 19.4. The summed E-state index contributed by atoms with van der Waals surface area (Å²) >= 11 is 0. The summed E-state index contributed by atoms with van der Waals surface area (Å²) in [5, 5.41) is 7.25. The van der Waals surface area contributed by atoms with Gasteiger partial charge in [0.05, 0.1) is 11.8 Å². The highest BCUT2D eigenvalue weighted by Gasteiger charge is 2.32. The lowest BCUT2D eigenvalue weighted by molar-refractivity contribution is -0.137. The van der Waals surface area contributed by atoms with Crippen LogP contribution in [0.3, 0.4) is 0 Å². The zero-order valence-corrected chi connectivity index (χ0v) is 14.7. The molecule has 26 heavy (non-hydrogen) atoms. The molecule has 6 heteroatoms. The Balaban J connectivity index is 1.59. The predicted octanol–water partition coefficient (Wildman–Crippen LogP) is 5.22. The number of aromatic amines is 1. The first-order chi connectivity index (χ1) is 12.5. The normalized spacial score (nSPS) is 22.8. The van der Waals surface area contributed by atoms with Crippen LogP contribution in [0.4, 0.5) is 13.2 Å². The number of piperidine rings is 1. The number of likely N-dealkylation sites (tertiary alicyclic amines) is 1. The quantitative estimate of drug-likeness (QED) is 0.811. The van der Waals surface area contributed by atoms with Crippen molar-refractivity contribution in [3.05, 3.63) is 41.7 Å². The molecular weight excluding hydrogens is 339 g/mol. The number of benzene rings is 1. The van der Waals surface area contributed by atoms with Gasteiger partial charge in [0, 0.05) is 29.8 Å². The van der Waals surface area contributed by atoms with E-state index in [0.29, 0.717) is 17.5 Å². The van der Waals surface area contributed by atoms with Crippen molar-refractivity contribution in [3.63, 3.8) is 0 Å². The van der Waals surface area contributed by atoms with Gasteiger partial charge in [0.1, 0.15) is 0 Å². The van der Waals surface area contributed by atoms with Crippen molar-refractivity contribution in [2.45, 2.75) is 56.7 Å². The van der Waals surface area contributed by atoms with Gasteiger partial charge in [-0.1, -0.05) is 25.0 Å². The van der Waals surface area contributed by atoms with E-state index >= 15 is 0 Å². The zero-order chi connectivity index (χ0) is 18.1. The van der Waals surface area contributed by atoms with Crippen LogP contribution in [0.25, 0.3) is 11.1 Å². The van der Waals surface area contributed by atoms with E-state index in [1.807, 2.05) is 0 Å². The minimum absolute atomic E-state index is 0.302. The molecule has 0 amide bonds. The molecule has 1 saturated heterocycles. The van der Waals surface area contributed by atoms with Crippen LogP contribution < -0.4 is 0 Å². The molecule has 0 bridgehead atoms. The maximum Gasteiger partial charge on any atom is 0.416 e. The summed E-state index contributed by atoms with van der Waals surface area (Å²) in [6.07, 6.45) is 4.69. The van der Waals surface area contributed by atoms with Gasteiger partial charge in [-0.3, -0.25) is 10.00 Å². The molecule has 1 aromatic carbocycles. The predicted molar refractivity (Wildman–Crippen MR) is 94.8 cm³/mol. The van der Waals surface area contributed by atoms with Gasteiger partial charge >= 0.3 is 6.18 Å². The molecule has 3 nitrogen and oxygen atoms in total. The summed E-state index contributed by atoms with van der Waals surface area (Å²) in [4.78, 5) is 2.58. The van der Waals surface area contributed by atoms with E-state index < -0.39 is 11.7 Å². The lowest BCUT2D eigenvalue weighted by Gasteiger charge is -2.36. The molecule has 4 rings (SSSR count). The van der Waals surface area contributed by atoms with Gasteiger partial charge in [0.2, 0.25) is 0 Å². The van der Waals surface area contributed by atoms with Gasteiger partial charge in [-0.25, -0.2) is 0 Å². The third kappa shape index (κ3) is 3.52. The summed E-state index contributed by atoms with van der Waals surface area (Å²) in [5.74, 6) is 0.302. The van der Waals surface area contributed by atoms with Gasteiger partial charge in [-0.15, -0.1) is 0 Å². The molecule has 1 aliphatic carbocycles. The van der Waals surface area contributed by atoms with Crippen molar-refractivity contribution in [2.24, 2.45) is 0 Å². The van der Waals surface area contributed by atoms with Crippen LogP contribution in [-0.2, 0) is 6.18 Å². The number of rotatable bonds is 3. The minimum atomic E-state index is -4.33. The molecule has 1 unspecified atom stereocenters. The second-order valence-corrected chi connectivity index (χ2v) is 7.55. The first-order valence-corrected chi connectivity index (χ1v) is 9.47. The summed E-state index contributed by atoms with van der Waals surface area (Å²) in [6, 6.07) is 6.23. The van der Waals surface area contributed by atoms with Crippen molar-refractivity contribution < 1.29 is 13.2 Å². The Hall–Kier alpha value is -1.82. The molecular formula is C20H24F3N3. The molecule has 1 saturated carbocycles. The van der Waals surface area contributed by atoms with E-state index in [2.05, 4.69) is 15.1 Å². The first kappa shape index (κ1) is 17.6. The topological polar surface area (TPSA) is 31.9 Å². The number of alkyl halides is 3. The molecule has 2 aromatic rings. The standard InChI is InChI=1S/C20H24F3N3/c21-20(22,23)16-7-3-5-14(11-16)18-12-24-25-19(18)15-6-4-10-26(13-15)17-8-1-2-9-17/h3,5,7,11-12,15,17H,1-2,4,6,8-10,13H2,(H,24,25). The fourth-order valence-electron chi connectivity index (χ4n) is 4.54. The van der Waals surface area contributed by atoms with Crippen molar-refractivity contribution in [2.75, 3.05) is 13.1 Å². The van der Waals surface area contributed by atoms with E-state index in [-0.39, 0.29) is 0 Å². The zero-order valence-electron chi connectivity index (χ0n) is 14.7. The Morgan fingerprint density at radius 3 is 2.65 bits per heavy atom. The lowest BCUT2D eigenvalue weighted by atomic mass is 9.89. The monoisotopic (exact) mass is 363 g/mol. The number of aromatic nitrogens is 2. The van der Waals surface area contributed by atoms with E-state index in [0.717, 1.165) is 43.3 Å². The van der Waals surface area contributed by atoms with Crippen LogP contribution in [0.1, 0.15) is 55.7 Å². The lowest BCUT2D eigenvalue weighted by Crippen LogP contribution is -2.40. The summed E-state index contributed by atoms with van der Waals surface area (Å²) in [6.45, 7) is 2.10. The van der Waals surface area contributed by atoms with Crippen molar-refractivity contribution in [1.82, 2.24) is 15.1 Å². The number of halogens is 3. The second-order valence-electron chi connectivity index (χ2n) is 7.55. The van der Waals surface area contributed by atoms with Crippen LogP contribution in [0.15, 0.2) is 30.5 Å². The molecule has 0 spiro atoms. The third-order valence-electron chi connectivity index (χ3n) is 5.87. The number of hydrogen-bond donors (Lipinski definition) is 1. The smallest absolute Gasteiger partial charge is 0.300 e. The van der Waals surface area contributed by atoms with E-state index in [1.165, 1.54) is 37.8 Å². The molecule has 1 atom stereocenters. The van der Waals surface area contributed by atoms with Gasteiger partial charge in [0.25, 0.3) is 0 Å². The molecule has 2 fully saturated rings. The third-order valence-corrected chi connectivity index (χ3v) is 5.87. The Bertz CT molecular complexity index is 747. The molecule has 2 aliphatic rings. The van der Waals surface area contributed by atoms with Gasteiger partial charge in [-0.05, 0) is 49.9 Å². The second kappa shape index (κ2) is 7.06. The van der Waals surface area contributed by atoms with Gasteiger partial charge in [0.15, 0.2) is 0 Å². The summed E-state index contributed by atoms with van der Waals surface area (Å²) in [7, 11) is 0. The fourth-order valence-corrected chi connectivity index (χ4v) is 4.54. The molecule has 0 radical (unpaired) electrons. The highest BCUT2D eigenvalue weighted by molar-refractivity contribution is 5.66. The SMILES string of the molecule is FC(F)(F)c1cccc(-c2cn[nH]c2C2CCCN(C3CCCC3)C2)c1. The number of nitrogens with zero attached hydrogens (tertiary/aromatic N) is 2. The molecule has 1 N–H and O–H groups in total. The van der Waals surface area contributed by atoms with Crippen molar-refractivity contribution >= 4 is 0 Å². The number of hydrogen-bond acceptors (Lipinski definition) is 2. The maximum absolute atomic E-state index is 13.1. The Morgan fingerprint density at radius 2 is 1.88 bits per heavy atom. The van der Waals surface area contributed by atoms with Gasteiger partial charge < -0.3 is 0 Å². The van der Waals surface area contributed by atoms with Crippen LogP contribution in [0.2, 0.25) is 0 Å². The van der Waals surface area contributed by atoms with E-state index in [9.17, 15) is 13.2 Å². The highest BCUT2D eigenvalue weighted by Crippen LogP contribution is 2.37. The minimum Gasteiger partial charge on any atom is -0.300 e. The maximum atomic E-state index is 13.1. The molecule has 2 heterocycles. The molecule has 1 aromatic heterocycles. The van der Waals surface area contributed by atoms with E-state index in [1.54, 1.807) is 12.3 Å². The largest absolute Gasteiger partial charge is 0.416 e. The summed E-state index contributed by atoms with van der Waals surface area (Å²) in [5.41, 5.74) is 1.75. The Labute approximate surface area is 151 Å².